The summed E-state index contributed by atoms with van der Waals surface area (Å²) >= 11 is 3.53. The Kier molecular flexibility index (Phi) is 114. The van der Waals surface area contributed by atoms with Gasteiger partial charge in [-0.05, 0) is 39.0 Å². The quantitative estimate of drug-likeness (QED) is 0.0112. The Labute approximate surface area is 532 Å². The van der Waals surface area contributed by atoms with Crippen LogP contribution in [0.1, 0.15) is 39.5 Å². The van der Waals surface area contributed by atoms with Gasteiger partial charge >= 0.3 is 11.9 Å². The first-order valence-electron chi connectivity index (χ1n) is 28.4. The number of aliphatic hydroxyl groups excluding tert-OH is 2. The second-order valence-corrected chi connectivity index (χ2v) is 16.9. The molecule has 87 heavy (non-hydrogen) atoms. The highest BCUT2D eigenvalue weighted by molar-refractivity contribution is 7.79. The average Bonchev–Trinajstić information content (AvgIpc) is 4.67. The number of unbranched alkanes of at least 4 members (excludes halogenated alkanes) is 1. The minimum Gasteiger partial charge on any atom is -0.499 e. The van der Waals surface area contributed by atoms with Crippen molar-refractivity contribution in [3.63, 3.8) is 0 Å². The van der Waals surface area contributed by atoms with Crippen molar-refractivity contribution in [2.45, 2.75) is 51.7 Å². The number of carbonyl (C=O) groups is 2. The van der Waals surface area contributed by atoms with Gasteiger partial charge in [0.2, 0.25) is 0 Å². The van der Waals surface area contributed by atoms with Crippen LogP contribution in [0.4, 0.5) is 0 Å². The predicted molar refractivity (Wildman–Crippen MR) is 346 cm³/mol. The minimum absolute atomic E-state index is 0.122. The third-order valence-electron chi connectivity index (χ3n) is 9.94. The molecule has 0 aliphatic carbocycles. The van der Waals surface area contributed by atoms with Crippen LogP contribution in [-0.4, -0.2) is 298 Å². The van der Waals surface area contributed by atoms with E-state index in [0.717, 1.165) is 105 Å². The van der Waals surface area contributed by atoms with E-state index < -0.39 is 5.97 Å². The van der Waals surface area contributed by atoms with Crippen molar-refractivity contribution in [1.29, 1.82) is 0 Å². The Morgan fingerprint density at radius 3 is 1.18 bits per heavy atom. The lowest BCUT2D eigenvalue weighted by atomic mass is 9.84. The molecule has 0 radical (unpaired) electrons. The van der Waals surface area contributed by atoms with E-state index in [2.05, 4.69) is 88.8 Å². The molecule has 2 unspecified atom stereocenters. The topological polar surface area (TPSA) is 292 Å². The Bertz CT molecular complexity index is 1290. The van der Waals surface area contributed by atoms with Crippen molar-refractivity contribution in [3.8, 4) is 0 Å². The minimum atomic E-state index is -0.410. The summed E-state index contributed by atoms with van der Waals surface area (Å²) in [6.45, 7) is 38.5. The summed E-state index contributed by atoms with van der Waals surface area (Å²) in [5.74, 6) is -0.769. The predicted octanol–water partition coefficient (Wildman–Crippen LogP) is 5.52. The van der Waals surface area contributed by atoms with Gasteiger partial charge in [0.15, 0.2) is 0 Å². The monoisotopic (exact) mass is 1290 g/mol. The molecule has 0 saturated carbocycles. The molecule has 526 valence electrons. The van der Waals surface area contributed by atoms with Crippen molar-refractivity contribution in [2.75, 3.05) is 263 Å². The Morgan fingerprint density at radius 1 is 0.494 bits per heavy atom. The van der Waals surface area contributed by atoms with Gasteiger partial charge in [0.25, 0.3) is 0 Å². The molecule has 0 aromatic rings. The molecule has 4 fully saturated rings. The molecule has 0 spiro atoms. The molecule has 4 aliphatic heterocycles. The van der Waals surface area contributed by atoms with Crippen molar-refractivity contribution in [1.82, 2.24) is 0 Å². The number of rotatable bonds is 39. The number of ether oxygens (including phenoxy) is 20. The number of esters is 2. The first-order valence-corrected chi connectivity index (χ1v) is 29.3. The number of thiol groups is 1. The van der Waals surface area contributed by atoms with Crippen LogP contribution in [0, 0.1) is 10.8 Å². The van der Waals surface area contributed by atoms with Gasteiger partial charge in [-0.15, -0.1) is 13.2 Å². The summed E-state index contributed by atoms with van der Waals surface area (Å²) in [4.78, 5) is 20.8. The molecule has 4 saturated heterocycles. The first kappa shape index (κ1) is 103. The van der Waals surface area contributed by atoms with Gasteiger partial charge in [0.05, 0.1) is 158 Å². The van der Waals surface area contributed by atoms with E-state index >= 15 is 0 Å². The molecule has 0 aromatic carbocycles. The van der Waals surface area contributed by atoms with Gasteiger partial charge < -0.3 is 111 Å². The molecule has 4 aliphatic rings. The lowest BCUT2D eigenvalue weighted by Crippen LogP contribution is -2.45. The van der Waals surface area contributed by atoms with Gasteiger partial charge in [-0.3, -0.25) is 0 Å². The number of nitrogens with two attached hydrogens (primary N) is 1. The van der Waals surface area contributed by atoms with Gasteiger partial charge in [-0.1, -0.05) is 45.7 Å². The third-order valence-corrected chi connectivity index (χ3v) is 9.94. The standard InChI is InChI=1S/C9H18O3.C8H14O3.C7H14O2.C6H12O3.C6H10O3.C6H12O2.C5H10O2.C4H8O2.C4H8O.C3H8O2.CH5N.CH4O.CH4S/c1-3-9(7-12-8-9)6-11-5-4-10-2;1-3-8(9)11-7-5-4-6-10-2;1-3-7(4-8-2)5-9-6-7;1-7-2-3-8-4-6-5-9-6;1-3-6(7)9-5-4-8-2;1-3-4-8-6-5-7-2;1-3-7-5-4-6-2;1-5-2-4-3-6-4;1-3-4-5-2;1-5-3-2-4;3*1-2/h3-8H2,1-2H3;3H,1,4-7H2,2H3;3-6H2,1-2H3;6H,2-5H2,1H3;3H,1,4-5H2,2H3;3H,1,4-6H2,2H3;3H,1,4-5H2,2H3;4H,2-3H2,1H3;3H,1,4H2,2H3;4H,2-3H2,1H3;2H2,1H3;2*2H,1H3. The molecule has 2 atom stereocenters. The van der Waals surface area contributed by atoms with Gasteiger partial charge in [0, 0.05) is 108 Å². The van der Waals surface area contributed by atoms with E-state index in [9.17, 15) is 9.59 Å². The van der Waals surface area contributed by atoms with Crippen molar-refractivity contribution >= 4 is 24.6 Å². The molecule has 26 heteroatoms. The highest BCUT2D eigenvalue weighted by Crippen LogP contribution is 2.31. The van der Waals surface area contributed by atoms with Gasteiger partial charge in [-0.2, -0.15) is 12.6 Å². The van der Waals surface area contributed by atoms with E-state index in [1.807, 2.05) is 0 Å². The third kappa shape index (κ3) is 99.4. The Morgan fingerprint density at radius 2 is 0.885 bits per heavy atom. The van der Waals surface area contributed by atoms with E-state index in [4.69, 9.17) is 81.3 Å². The van der Waals surface area contributed by atoms with Crippen LogP contribution >= 0.6 is 12.6 Å². The fourth-order valence-corrected chi connectivity index (χ4v) is 4.77. The first-order chi connectivity index (χ1) is 42.3. The summed E-state index contributed by atoms with van der Waals surface area (Å²) in [6.07, 6.45) is 13.7. The van der Waals surface area contributed by atoms with Crippen molar-refractivity contribution in [2.24, 2.45) is 16.6 Å². The second-order valence-electron chi connectivity index (χ2n) is 16.9. The Balaban J connectivity index is -0.000000111. The highest BCUT2D eigenvalue weighted by Gasteiger charge is 2.37. The zero-order chi connectivity index (χ0) is 68.2. The smallest absolute Gasteiger partial charge is 0.330 e. The Hall–Kier alpha value is -3.01. The molecule has 0 amide bonds. The molecule has 0 bridgehead atoms. The van der Waals surface area contributed by atoms with Crippen LogP contribution in [0.5, 0.6) is 0 Å². The fraction of sp³-hybridized carbons (Fsp3) is 0.803. The second kappa shape index (κ2) is 96.6. The zero-order valence-electron chi connectivity index (χ0n) is 56.7. The number of aliphatic hydroxyl groups is 2. The largest absolute Gasteiger partial charge is 0.499 e. The van der Waals surface area contributed by atoms with E-state index in [0.29, 0.717) is 122 Å². The van der Waals surface area contributed by atoms with E-state index in [1.165, 1.54) is 19.7 Å². The lowest BCUT2D eigenvalue weighted by molar-refractivity contribution is -0.152. The van der Waals surface area contributed by atoms with Crippen LogP contribution in [-0.2, 0) is 104 Å². The van der Waals surface area contributed by atoms with E-state index in [-0.39, 0.29) is 12.6 Å². The zero-order valence-corrected chi connectivity index (χ0v) is 57.6. The lowest BCUT2D eigenvalue weighted by Gasteiger charge is -2.40. The number of carbonyl (C=O) groups excluding carboxylic acids is 2. The maximum atomic E-state index is 10.5. The number of hydrogen-bond acceptors (Lipinski definition) is 26. The number of hydrogen-bond donors (Lipinski definition) is 4. The average molecular weight is 1290 g/mol. The SMILES string of the molecule is C=CC(=O)OCCCCOC.C=CC(=O)OCCOC.C=CCOC.C=CCOCCOC.C=COCCOC.CCC1(COC)COC1.CCC1(COCCOC)COC1.CN.CO.COCC1CO1.COCCO.COCCOCC1CO1.CS. The molecule has 4 heterocycles. The van der Waals surface area contributed by atoms with Gasteiger partial charge in [0.1, 0.15) is 25.4 Å². The maximum Gasteiger partial charge on any atom is 0.330 e. The molecule has 25 nitrogen and oxygen atoms in total. The fourth-order valence-electron chi connectivity index (χ4n) is 4.77. The van der Waals surface area contributed by atoms with E-state index in [1.54, 1.807) is 89.5 Å². The summed E-state index contributed by atoms with van der Waals surface area (Å²) in [5, 5.41) is 14.9. The van der Waals surface area contributed by atoms with Crippen LogP contribution < -0.4 is 5.73 Å². The van der Waals surface area contributed by atoms with Crippen molar-refractivity contribution < 1.29 is 115 Å². The summed E-state index contributed by atoms with van der Waals surface area (Å²) in [7, 11) is 18.9. The van der Waals surface area contributed by atoms with Gasteiger partial charge in [-0.25, -0.2) is 9.59 Å². The van der Waals surface area contributed by atoms with Crippen LogP contribution in [0.3, 0.4) is 0 Å². The molecular weight excluding hydrogens is 1160 g/mol. The molecular formula is C61H127NO24S. The van der Waals surface area contributed by atoms with Crippen LogP contribution in [0.2, 0.25) is 0 Å². The van der Waals surface area contributed by atoms with Crippen LogP contribution in [0.15, 0.2) is 63.5 Å². The normalized spacial score (nSPS) is 14.5. The highest BCUT2D eigenvalue weighted by atomic mass is 32.1. The van der Waals surface area contributed by atoms with Crippen LogP contribution in [0.25, 0.3) is 0 Å². The molecule has 4 rings (SSSR count). The molecule has 4 N–H and O–H groups in total. The number of epoxide rings is 2. The summed E-state index contributed by atoms with van der Waals surface area (Å²) in [5.41, 5.74) is 5.18. The van der Waals surface area contributed by atoms with Crippen molar-refractivity contribution in [3.05, 3.63) is 63.5 Å². The maximum absolute atomic E-state index is 10.5. The molecule has 0 aromatic heterocycles. The summed E-state index contributed by atoms with van der Waals surface area (Å²) < 4.78 is 96.9. The number of methoxy groups -OCH3 is 10. The summed E-state index contributed by atoms with van der Waals surface area (Å²) in [6, 6.07) is 0.